The maximum absolute atomic E-state index is 13.8. The van der Waals surface area contributed by atoms with Crippen LogP contribution in [0.4, 0.5) is 10.1 Å². The minimum absolute atomic E-state index is 0.0441. The van der Waals surface area contributed by atoms with Gasteiger partial charge in [0.15, 0.2) is 5.82 Å². The van der Waals surface area contributed by atoms with Crippen LogP contribution in [-0.4, -0.2) is 33.0 Å². The van der Waals surface area contributed by atoms with E-state index in [1.807, 2.05) is 0 Å². The Balaban J connectivity index is 2.22. The van der Waals surface area contributed by atoms with Gasteiger partial charge in [0, 0.05) is 12.6 Å². The summed E-state index contributed by atoms with van der Waals surface area (Å²) in [5.74, 6) is -1.34. The molecule has 1 amide bonds. The molecule has 0 aliphatic carbocycles. The number of rotatable bonds is 5. The lowest BCUT2D eigenvalue weighted by Gasteiger charge is -2.14. The van der Waals surface area contributed by atoms with Crippen molar-refractivity contribution in [1.82, 2.24) is 4.47 Å². The second-order valence-electron chi connectivity index (χ2n) is 4.68. The second-order valence-corrected chi connectivity index (χ2v) is 7.02. The molecule has 1 N–H and O–H groups in total. The van der Waals surface area contributed by atoms with Crippen molar-refractivity contribution in [3.8, 4) is 0 Å². The first-order chi connectivity index (χ1) is 11.3. The van der Waals surface area contributed by atoms with Gasteiger partial charge < -0.3 is 5.32 Å². The van der Waals surface area contributed by atoms with Crippen molar-refractivity contribution < 1.29 is 22.4 Å². The lowest BCUT2D eigenvalue weighted by Crippen LogP contribution is -2.25. The quantitative estimate of drug-likeness (QED) is 0.819. The Kier molecular flexibility index (Phi) is 5.55. The molecule has 24 heavy (non-hydrogen) atoms. The Bertz CT molecular complexity index is 856. The number of nitrogens with zero attached hydrogens (tertiary/aromatic N) is 1. The molecule has 128 valence electrons. The largest absolute Gasteiger partial charge is 0.319 e. The standard InChI is InChI=1S/C15H14ClFN2O4S/c1-19(23-2)24(21,22)11-8-6-10(7-9-11)15(20)18-13-5-3-4-12(16)14(13)17/h3-9H,1-2H3,(H,18,20). The van der Waals surface area contributed by atoms with E-state index >= 15 is 0 Å². The predicted molar refractivity (Wildman–Crippen MR) is 87.8 cm³/mol. The summed E-state index contributed by atoms with van der Waals surface area (Å²) >= 11 is 5.65. The van der Waals surface area contributed by atoms with Gasteiger partial charge in [0.25, 0.3) is 15.9 Å². The summed E-state index contributed by atoms with van der Waals surface area (Å²) in [7, 11) is -1.33. The lowest BCUT2D eigenvalue weighted by atomic mass is 10.2. The molecule has 2 aromatic carbocycles. The van der Waals surface area contributed by atoms with E-state index in [1.165, 1.54) is 56.6 Å². The van der Waals surface area contributed by atoms with Crippen LogP contribution in [0.3, 0.4) is 0 Å². The van der Waals surface area contributed by atoms with Gasteiger partial charge in [-0.3, -0.25) is 9.63 Å². The Morgan fingerprint density at radius 1 is 1.21 bits per heavy atom. The smallest absolute Gasteiger partial charge is 0.264 e. The van der Waals surface area contributed by atoms with Crippen LogP contribution in [0, 0.1) is 5.82 Å². The van der Waals surface area contributed by atoms with E-state index < -0.39 is 21.7 Å². The third kappa shape index (κ3) is 3.73. The van der Waals surface area contributed by atoms with Crippen LogP contribution >= 0.6 is 11.6 Å². The minimum atomic E-state index is -3.80. The van der Waals surface area contributed by atoms with Crippen LogP contribution in [0.25, 0.3) is 0 Å². The number of hydrogen-bond acceptors (Lipinski definition) is 4. The third-order valence-corrected chi connectivity index (χ3v) is 5.20. The first-order valence-corrected chi connectivity index (χ1v) is 8.47. The van der Waals surface area contributed by atoms with Gasteiger partial charge in [0.1, 0.15) is 0 Å². The van der Waals surface area contributed by atoms with Gasteiger partial charge in [0.2, 0.25) is 0 Å². The highest BCUT2D eigenvalue weighted by molar-refractivity contribution is 7.89. The number of hydroxylamine groups is 1. The molecule has 0 aliphatic rings. The van der Waals surface area contributed by atoms with Crippen molar-refractivity contribution in [1.29, 1.82) is 0 Å². The normalized spacial score (nSPS) is 11.5. The Morgan fingerprint density at radius 3 is 2.42 bits per heavy atom. The van der Waals surface area contributed by atoms with E-state index in [2.05, 4.69) is 10.2 Å². The molecule has 9 heteroatoms. The molecule has 0 heterocycles. The van der Waals surface area contributed by atoms with Crippen LogP contribution in [0.15, 0.2) is 47.4 Å². The fourth-order valence-corrected chi connectivity index (χ4v) is 2.97. The molecule has 0 radical (unpaired) electrons. The molecule has 0 bridgehead atoms. The number of benzene rings is 2. The Morgan fingerprint density at radius 2 is 1.83 bits per heavy atom. The zero-order chi connectivity index (χ0) is 17.9. The Hall–Kier alpha value is -2.00. The van der Waals surface area contributed by atoms with E-state index in [1.54, 1.807) is 0 Å². The summed E-state index contributed by atoms with van der Waals surface area (Å²) < 4.78 is 38.6. The Labute approximate surface area is 143 Å². The molecule has 0 aliphatic heterocycles. The van der Waals surface area contributed by atoms with Crippen molar-refractivity contribution in [3.05, 3.63) is 58.9 Å². The average molecular weight is 373 g/mol. The van der Waals surface area contributed by atoms with Gasteiger partial charge in [-0.25, -0.2) is 12.8 Å². The first-order valence-electron chi connectivity index (χ1n) is 6.66. The molecular weight excluding hydrogens is 359 g/mol. The van der Waals surface area contributed by atoms with Gasteiger partial charge in [-0.2, -0.15) is 0 Å². The highest BCUT2D eigenvalue weighted by Crippen LogP contribution is 2.23. The highest BCUT2D eigenvalue weighted by Gasteiger charge is 2.21. The van der Waals surface area contributed by atoms with Gasteiger partial charge in [-0.15, -0.1) is 0 Å². The van der Waals surface area contributed by atoms with Crippen LogP contribution in [0.2, 0.25) is 5.02 Å². The van der Waals surface area contributed by atoms with E-state index in [0.29, 0.717) is 4.47 Å². The summed E-state index contributed by atoms with van der Waals surface area (Å²) in [6.07, 6.45) is 0. The molecule has 0 saturated carbocycles. The average Bonchev–Trinajstić information content (AvgIpc) is 2.58. The molecule has 0 atom stereocenters. The molecule has 0 fully saturated rings. The van der Waals surface area contributed by atoms with Crippen LogP contribution in [0.5, 0.6) is 0 Å². The zero-order valence-corrected chi connectivity index (χ0v) is 14.4. The molecule has 0 spiro atoms. The van der Waals surface area contributed by atoms with E-state index in [9.17, 15) is 17.6 Å². The van der Waals surface area contributed by atoms with Gasteiger partial charge in [0.05, 0.1) is 22.7 Å². The lowest BCUT2D eigenvalue weighted by molar-refractivity contribution is -0.0258. The van der Waals surface area contributed by atoms with E-state index in [0.717, 1.165) is 0 Å². The van der Waals surface area contributed by atoms with Crippen molar-refractivity contribution in [2.45, 2.75) is 4.90 Å². The predicted octanol–water partition coefficient (Wildman–Crippen LogP) is 2.91. The second kappa shape index (κ2) is 7.27. The summed E-state index contributed by atoms with van der Waals surface area (Å²) in [5.41, 5.74) is 0.0942. The summed E-state index contributed by atoms with van der Waals surface area (Å²) in [6.45, 7) is 0. The van der Waals surface area contributed by atoms with Crippen LogP contribution in [0.1, 0.15) is 10.4 Å². The fraction of sp³-hybridized carbons (Fsp3) is 0.133. The topological polar surface area (TPSA) is 75.7 Å². The third-order valence-electron chi connectivity index (χ3n) is 3.21. The van der Waals surface area contributed by atoms with Crippen molar-refractivity contribution in [3.63, 3.8) is 0 Å². The van der Waals surface area contributed by atoms with Crippen LogP contribution in [-0.2, 0) is 14.9 Å². The number of hydrogen-bond donors (Lipinski definition) is 1. The maximum atomic E-state index is 13.8. The number of anilines is 1. The molecule has 0 aromatic heterocycles. The minimum Gasteiger partial charge on any atom is -0.319 e. The number of carbonyl (C=O) groups is 1. The summed E-state index contributed by atoms with van der Waals surface area (Å²) in [5, 5.41) is 2.26. The van der Waals surface area contributed by atoms with Crippen molar-refractivity contribution >= 4 is 33.2 Å². The summed E-state index contributed by atoms with van der Waals surface area (Å²) in [4.78, 5) is 16.7. The van der Waals surface area contributed by atoms with Crippen molar-refractivity contribution in [2.24, 2.45) is 0 Å². The molecule has 2 aromatic rings. The number of nitrogens with one attached hydrogen (secondary N) is 1. The number of amides is 1. The zero-order valence-electron chi connectivity index (χ0n) is 12.8. The van der Waals surface area contributed by atoms with Crippen molar-refractivity contribution in [2.75, 3.05) is 19.5 Å². The number of carbonyl (C=O) groups excluding carboxylic acids is 1. The monoisotopic (exact) mass is 372 g/mol. The summed E-state index contributed by atoms with van der Waals surface area (Å²) in [6, 6.07) is 9.37. The van der Waals surface area contributed by atoms with Crippen LogP contribution < -0.4 is 5.32 Å². The number of halogens is 2. The first kappa shape index (κ1) is 18.3. The number of sulfonamides is 1. The molecule has 6 nitrogen and oxygen atoms in total. The van der Waals surface area contributed by atoms with E-state index in [-0.39, 0.29) is 21.2 Å². The molecule has 0 saturated heterocycles. The fourth-order valence-electron chi connectivity index (χ4n) is 1.82. The highest BCUT2D eigenvalue weighted by atomic mass is 35.5. The maximum Gasteiger partial charge on any atom is 0.264 e. The molecule has 2 rings (SSSR count). The van der Waals surface area contributed by atoms with Gasteiger partial charge in [-0.05, 0) is 36.4 Å². The van der Waals surface area contributed by atoms with E-state index in [4.69, 9.17) is 11.6 Å². The van der Waals surface area contributed by atoms with Gasteiger partial charge in [-0.1, -0.05) is 22.1 Å². The molecule has 0 unspecified atom stereocenters. The van der Waals surface area contributed by atoms with Gasteiger partial charge >= 0.3 is 0 Å². The molecular formula is C15H14ClFN2O4S. The SMILES string of the molecule is CON(C)S(=O)(=O)c1ccc(C(=O)Nc2cccc(Cl)c2F)cc1.